The van der Waals surface area contributed by atoms with Crippen LogP contribution in [0.25, 0.3) is 0 Å². The van der Waals surface area contributed by atoms with E-state index in [2.05, 4.69) is 25.1 Å². The molecule has 2 rings (SSSR count). The zero-order valence-corrected chi connectivity index (χ0v) is 8.04. The fourth-order valence-corrected chi connectivity index (χ4v) is 1.60. The second-order valence-electron chi connectivity index (χ2n) is 3.43. The maximum absolute atomic E-state index is 5.35. The van der Waals surface area contributed by atoms with Gasteiger partial charge < -0.3 is 9.47 Å². The molecular weight excluding hydrogens is 164 g/mol. The summed E-state index contributed by atoms with van der Waals surface area (Å²) >= 11 is 0. The summed E-state index contributed by atoms with van der Waals surface area (Å²) in [7, 11) is 1.72. The Balaban J connectivity index is 2.25. The van der Waals surface area contributed by atoms with Gasteiger partial charge in [0.1, 0.15) is 5.75 Å². The Hall–Kier alpha value is -1.02. The maximum Gasteiger partial charge on any atom is 0.125 e. The highest BCUT2D eigenvalue weighted by atomic mass is 16.6. The molecule has 0 bridgehead atoms. The molecule has 1 aromatic rings. The highest BCUT2D eigenvalue weighted by Crippen LogP contribution is 2.27. The molecule has 1 atom stereocenters. The lowest BCUT2D eigenvalue weighted by molar-refractivity contribution is 0.389. The van der Waals surface area contributed by atoms with Crippen molar-refractivity contribution in [1.29, 1.82) is 0 Å². The normalized spacial score (nSPS) is 20.0. The molecule has 70 valence electrons. The molecule has 0 amide bonds. The topological polar surface area (TPSA) is 21.8 Å². The van der Waals surface area contributed by atoms with Crippen LogP contribution in [0.5, 0.6) is 5.75 Å². The quantitative estimate of drug-likeness (QED) is 0.660. The number of rotatable bonds is 3. The van der Waals surface area contributed by atoms with Crippen molar-refractivity contribution in [2.45, 2.75) is 19.4 Å². The molecule has 0 radical (unpaired) electrons. The predicted octanol–water partition coefficient (Wildman–Crippen LogP) is 1.94. The SMILES string of the molecule is COc1c(C)cccc1CC1CO1. The molecule has 0 aromatic heterocycles. The summed E-state index contributed by atoms with van der Waals surface area (Å²) in [6.07, 6.45) is 1.40. The van der Waals surface area contributed by atoms with E-state index in [9.17, 15) is 0 Å². The van der Waals surface area contributed by atoms with E-state index in [4.69, 9.17) is 9.47 Å². The van der Waals surface area contributed by atoms with Crippen LogP contribution < -0.4 is 4.74 Å². The van der Waals surface area contributed by atoms with Crippen LogP contribution in [0.3, 0.4) is 0 Å². The van der Waals surface area contributed by atoms with Crippen molar-refractivity contribution in [1.82, 2.24) is 0 Å². The summed E-state index contributed by atoms with van der Waals surface area (Å²) in [6.45, 7) is 2.97. The number of aryl methyl sites for hydroxylation is 1. The lowest BCUT2D eigenvalue weighted by Crippen LogP contribution is -1.98. The Morgan fingerprint density at radius 3 is 2.92 bits per heavy atom. The molecule has 0 spiro atoms. The van der Waals surface area contributed by atoms with E-state index in [1.165, 1.54) is 11.1 Å². The van der Waals surface area contributed by atoms with Crippen molar-refractivity contribution in [2.24, 2.45) is 0 Å². The summed E-state index contributed by atoms with van der Waals surface area (Å²) in [5, 5.41) is 0. The molecule has 2 nitrogen and oxygen atoms in total. The van der Waals surface area contributed by atoms with Crippen molar-refractivity contribution < 1.29 is 9.47 Å². The zero-order chi connectivity index (χ0) is 9.26. The van der Waals surface area contributed by atoms with Crippen LogP contribution in [0, 0.1) is 6.92 Å². The van der Waals surface area contributed by atoms with Gasteiger partial charge >= 0.3 is 0 Å². The van der Waals surface area contributed by atoms with Gasteiger partial charge in [-0.25, -0.2) is 0 Å². The molecule has 1 aromatic carbocycles. The van der Waals surface area contributed by atoms with E-state index in [0.29, 0.717) is 6.10 Å². The molecule has 1 aliphatic rings. The van der Waals surface area contributed by atoms with Gasteiger partial charge in [-0.2, -0.15) is 0 Å². The highest BCUT2D eigenvalue weighted by Gasteiger charge is 2.24. The molecule has 0 aliphatic carbocycles. The summed E-state index contributed by atoms with van der Waals surface area (Å²) in [4.78, 5) is 0. The van der Waals surface area contributed by atoms with Gasteiger partial charge in [-0.05, 0) is 18.1 Å². The van der Waals surface area contributed by atoms with Gasteiger partial charge in [0.15, 0.2) is 0 Å². The smallest absolute Gasteiger partial charge is 0.125 e. The molecule has 1 heterocycles. The summed E-state index contributed by atoms with van der Waals surface area (Å²) in [5.74, 6) is 1.01. The lowest BCUT2D eigenvalue weighted by Gasteiger charge is -2.09. The van der Waals surface area contributed by atoms with Crippen LogP contribution in [0.1, 0.15) is 11.1 Å². The van der Waals surface area contributed by atoms with Gasteiger partial charge in [0.05, 0.1) is 19.8 Å². The van der Waals surface area contributed by atoms with Crippen LogP contribution in [0.15, 0.2) is 18.2 Å². The minimum atomic E-state index is 0.427. The first-order valence-electron chi connectivity index (χ1n) is 4.55. The predicted molar refractivity (Wildman–Crippen MR) is 51.2 cm³/mol. The summed E-state index contributed by atoms with van der Waals surface area (Å²) in [5.41, 5.74) is 2.45. The summed E-state index contributed by atoms with van der Waals surface area (Å²) < 4.78 is 10.5. The van der Waals surface area contributed by atoms with Crippen LogP contribution >= 0.6 is 0 Å². The Labute approximate surface area is 78.5 Å². The molecule has 0 saturated carbocycles. The maximum atomic E-state index is 5.35. The van der Waals surface area contributed by atoms with Crippen LogP contribution in [0.2, 0.25) is 0 Å². The molecule has 2 heteroatoms. The fourth-order valence-electron chi connectivity index (χ4n) is 1.60. The largest absolute Gasteiger partial charge is 0.496 e. The van der Waals surface area contributed by atoms with Crippen molar-refractivity contribution >= 4 is 0 Å². The molecule has 0 N–H and O–H groups in total. The van der Waals surface area contributed by atoms with Crippen molar-refractivity contribution in [3.8, 4) is 5.75 Å². The van der Waals surface area contributed by atoms with E-state index < -0.39 is 0 Å². The molecule has 13 heavy (non-hydrogen) atoms. The minimum absolute atomic E-state index is 0.427. The van der Waals surface area contributed by atoms with Gasteiger partial charge in [-0.3, -0.25) is 0 Å². The first-order valence-corrected chi connectivity index (χ1v) is 4.55. The lowest BCUT2D eigenvalue weighted by atomic mass is 10.1. The van der Waals surface area contributed by atoms with E-state index in [1.807, 2.05) is 0 Å². The van der Waals surface area contributed by atoms with Crippen LogP contribution in [0.4, 0.5) is 0 Å². The first-order chi connectivity index (χ1) is 6.31. The molecular formula is C11H14O2. The molecule has 1 aliphatic heterocycles. The first kappa shape index (κ1) is 8.57. The van der Waals surface area contributed by atoms with Gasteiger partial charge in [-0.1, -0.05) is 18.2 Å². The molecule has 1 fully saturated rings. The monoisotopic (exact) mass is 178 g/mol. The Kier molecular flexibility index (Phi) is 2.23. The Morgan fingerprint density at radius 1 is 1.54 bits per heavy atom. The summed E-state index contributed by atoms with van der Waals surface area (Å²) in [6, 6.07) is 6.24. The number of para-hydroxylation sites is 1. The zero-order valence-electron chi connectivity index (χ0n) is 8.04. The van der Waals surface area contributed by atoms with Gasteiger partial charge in [0.25, 0.3) is 0 Å². The van der Waals surface area contributed by atoms with Gasteiger partial charge in [0, 0.05) is 6.42 Å². The van der Waals surface area contributed by atoms with Crippen LogP contribution in [-0.4, -0.2) is 19.8 Å². The minimum Gasteiger partial charge on any atom is -0.496 e. The number of ether oxygens (including phenoxy) is 2. The Morgan fingerprint density at radius 2 is 2.31 bits per heavy atom. The number of methoxy groups -OCH3 is 1. The number of hydrogen-bond acceptors (Lipinski definition) is 2. The van der Waals surface area contributed by atoms with Crippen molar-refractivity contribution in [2.75, 3.05) is 13.7 Å². The second kappa shape index (κ2) is 3.38. The average Bonchev–Trinajstić information content (AvgIpc) is 2.89. The van der Waals surface area contributed by atoms with E-state index >= 15 is 0 Å². The van der Waals surface area contributed by atoms with E-state index in [1.54, 1.807) is 7.11 Å². The fraction of sp³-hybridized carbons (Fsp3) is 0.455. The number of benzene rings is 1. The third-order valence-corrected chi connectivity index (χ3v) is 2.35. The van der Waals surface area contributed by atoms with Gasteiger partial charge in [0.2, 0.25) is 0 Å². The highest BCUT2D eigenvalue weighted by molar-refractivity contribution is 5.41. The third-order valence-electron chi connectivity index (χ3n) is 2.35. The van der Waals surface area contributed by atoms with E-state index in [0.717, 1.165) is 18.8 Å². The van der Waals surface area contributed by atoms with Crippen molar-refractivity contribution in [3.05, 3.63) is 29.3 Å². The van der Waals surface area contributed by atoms with Crippen molar-refractivity contribution in [3.63, 3.8) is 0 Å². The third kappa shape index (κ3) is 1.83. The molecule has 1 saturated heterocycles. The Bertz CT molecular complexity index is 303. The average molecular weight is 178 g/mol. The van der Waals surface area contributed by atoms with E-state index in [-0.39, 0.29) is 0 Å². The van der Waals surface area contributed by atoms with Gasteiger partial charge in [-0.15, -0.1) is 0 Å². The number of hydrogen-bond donors (Lipinski definition) is 0. The van der Waals surface area contributed by atoms with Crippen LogP contribution in [-0.2, 0) is 11.2 Å². The number of epoxide rings is 1. The standard InChI is InChI=1S/C11H14O2/c1-8-4-3-5-9(11(8)12-2)6-10-7-13-10/h3-5,10H,6-7H2,1-2H3. The second-order valence-corrected chi connectivity index (χ2v) is 3.43. The molecule has 1 unspecified atom stereocenters.